The third-order valence-electron chi connectivity index (χ3n) is 3.58. The van der Waals surface area contributed by atoms with Gasteiger partial charge in [0.05, 0.1) is 6.61 Å². The highest BCUT2D eigenvalue weighted by Gasteiger charge is 2.09. The molecule has 0 aromatic heterocycles. The van der Waals surface area contributed by atoms with Crippen molar-refractivity contribution >= 4 is 5.97 Å². The molecule has 24 heavy (non-hydrogen) atoms. The Bertz CT molecular complexity index is 579. The molecule has 1 unspecified atom stereocenters. The molecule has 0 aliphatic carbocycles. The highest BCUT2D eigenvalue weighted by atomic mass is 16.5. The number of carbonyl (C=O) groups excluding carboxylic acids is 1. The lowest BCUT2D eigenvalue weighted by molar-refractivity contribution is -0.143. The molecule has 0 saturated heterocycles. The summed E-state index contributed by atoms with van der Waals surface area (Å²) in [6.07, 6.45) is 1.81. The van der Waals surface area contributed by atoms with Crippen molar-refractivity contribution in [1.82, 2.24) is 0 Å². The number of rotatable bonds is 7. The highest BCUT2D eigenvalue weighted by molar-refractivity contribution is 5.69. The number of carbonyl (C=O) groups is 1. The van der Waals surface area contributed by atoms with Crippen LogP contribution in [-0.2, 0) is 16.0 Å². The van der Waals surface area contributed by atoms with Crippen LogP contribution >= 0.6 is 0 Å². The molecule has 3 heteroatoms. The maximum Gasteiger partial charge on any atom is 0.305 e. The van der Waals surface area contributed by atoms with Crippen LogP contribution in [0.4, 0.5) is 0 Å². The van der Waals surface area contributed by atoms with Crippen molar-refractivity contribution in [3.8, 4) is 11.1 Å². The van der Waals surface area contributed by atoms with E-state index in [9.17, 15) is 4.79 Å². The minimum Gasteiger partial charge on any atom is -0.466 e. The molecular weight excluding hydrogens is 298 g/mol. The SMILES string of the molecule is CC.CCOC(=O)CCC(N)Cc1ccc(-c2ccccc2)cc1. The van der Waals surface area contributed by atoms with Crippen LogP contribution in [0, 0.1) is 0 Å². The largest absolute Gasteiger partial charge is 0.466 e. The van der Waals surface area contributed by atoms with Crippen molar-refractivity contribution in [3.63, 3.8) is 0 Å². The summed E-state index contributed by atoms with van der Waals surface area (Å²) in [5.41, 5.74) is 9.69. The number of hydrogen-bond acceptors (Lipinski definition) is 3. The van der Waals surface area contributed by atoms with E-state index >= 15 is 0 Å². The molecule has 2 rings (SSSR count). The van der Waals surface area contributed by atoms with Crippen LogP contribution in [0.2, 0.25) is 0 Å². The normalized spacial score (nSPS) is 11.2. The maximum atomic E-state index is 11.3. The zero-order valence-electron chi connectivity index (χ0n) is 15.0. The lowest BCUT2D eigenvalue weighted by atomic mass is 9.99. The second kappa shape index (κ2) is 11.4. The quantitative estimate of drug-likeness (QED) is 0.757. The molecule has 0 spiro atoms. The van der Waals surface area contributed by atoms with Gasteiger partial charge in [-0.25, -0.2) is 0 Å². The zero-order valence-corrected chi connectivity index (χ0v) is 15.0. The van der Waals surface area contributed by atoms with Gasteiger partial charge in [0.2, 0.25) is 0 Å². The molecule has 2 aromatic carbocycles. The number of nitrogens with two attached hydrogens (primary N) is 1. The fourth-order valence-corrected chi connectivity index (χ4v) is 2.41. The Morgan fingerprint density at radius 3 is 2.17 bits per heavy atom. The summed E-state index contributed by atoms with van der Waals surface area (Å²) < 4.78 is 4.91. The topological polar surface area (TPSA) is 52.3 Å². The van der Waals surface area contributed by atoms with Gasteiger partial charge >= 0.3 is 5.97 Å². The van der Waals surface area contributed by atoms with Crippen LogP contribution in [0.15, 0.2) is 54.6 Å². The van der Waals surface area contributed by atoms with E-state index in [0.717, 1.165) is 6.42 Å². The molecule has 2 N–H and O–H groups in total. The Kier molecular flexibility index (Phi) is 9.47. The summed E-state index contributed by atoms with van der Waals surface area (Å²) in [7, 11) is 0. The lowest BCUT2D eigenvalue weighted by Gasteiger charge is -2.11. The number of hydrogen-bond donors (Lipinski definition) is 1. The number of benzene rings is 2. The van der Waals surface area contributed by atoms with Crippen molar-refractivity contribution < 1.29 is 9.53 Å². The van der Waals surface area contributed by atoms with Crippen molar-refractivity contribution in [2.45, 2.75) is 46.1 Å². The molecule has 3 nitrogen and oxygen atoms in total. The second-order valence-corrected chi connectivity index (χ2v) is 5.37. The van der Waals surface area contributed by atoms with Gasteiger partial charge in [-0.3, -0.25) is 4.79 Å². The second-order valence-electron chi connectivity index (χ2n) is 5.37. The third kappa shape index (κ3) is 6.97. The van der Waals surface area contributed by atoms with Crippen LogP contribution in [0.3, 0.4) is 0 Å². The van der Waals surface area contributed by atoms with Gasteiger partial charge in [0, 0.05) is 12.5 Å². The van der Waals surface area contributed by atoms with E-state index in [1.807, 2.05) is 39.0 Å². The maximum absolute atomic E-state index is 11.3. The van der Waals surface area contributed by atoms with Crippen molar-refractivity contribution in [1.29, 1.82) is 0 Å². The summed E-state index contributed by atoms with van der Waals surface area (Å²) in [6.45, 7) is 6.24. The van der Waals surface area contributed by atoms with Gasteiger partial charge < -0.3 is 10.5 Å². The molecule has 0 amide bonds. The summed E-state index contributed by atoms with van der Waals surface area (Å²) in [5, 5.41) is 0. The molecular formula is C21H29NO2. The van der Waals surface area contributed by atoms with Crippen molar-refractivity contribution in [3.05, 3.63) is 60.2 Å². The van der Waals surface area contributed by atoms with Crippen LogP contribution < -0.4 is 5.73 Å². The molecule has 0 aliphatic heterocycles. The fourth-order valence-electron chi connectivity index (χ4n) is 2.41. The van der Waals surface area contributed by atoms with E-state index in [0.29, 0.717) is 19.4 Å². The van der Waals surface area contributed by atoms with Gasteiger partial charge in [-0.2, -0.15) is 0 Å². The van der Waals surface area contributed by atoms with Gasteiger partial charge in [-0.15, -0.1) is 0 Å². The Labute approximate surface area is 145 Å². The van der Waals surface area contributed by atoms with Gasteiger partial charge in [0.1, 0.15) is 0 Å². The molecule has 1 atom stereocenters. The zero-order chi connectivity index (χ0) is 17.8. The third-order valence-corrected chi connectivity index (χ3v) is 3.58. The summed E-state index contributed by atoms with van der Waals surface area (Å²) in [5.74, 6) is -0.169. The highest BCUT2D eigenvalue weighted by Crippen LogP contribution is 2.19. The summed E-state index contributed by atoms with van der Waals surface area (Å²) in [4.78, 5) is 11.3. The van der Waals surface area contributed by atoms with Gasteiger partial charge in [-0.05, 0) is 36.5 Å². The van der Waals surface area contributed by atoms with Crippen molar-refractivity contribution in [2.24, 2.45) is 5.73 Å². The monoisotopic (exact) mass is 327 g/mol. The first-order valence-electron chi connectivity index (χ1n) is 8.74. The molecule has 2 aromatic rings. The number of ether oxygens (including phenoxy) is 1. The molecule has 0 aliphatic rings. The molecule has 0 heterocycles. The standard InChI is InChI=1S/C19H23NO2.C2H6/c1-2-22-19(21)13-12-18(20)14-15-8-10-17(11-9-15)16-6-4-3-5-7-16;1-2/h3-11,18H,2,12-14,20H2,1H3;1-2H3. The smallest absolute Gasteiger partial charge is 0.305 e. The first-order chi connectivity index (χ1) is 11.7. The van der Waals surface area contributed by atoms with Gasteiger partial charge in [0.15, 0.2) is 0 Å². The van der Waals surface area contributed by atoms with Crippen LogP contribution in [0.25, 0.3) is 11.1 Å². The Hall–Kier alpha value is -2.13. The van der Waals surface area contributed by atoms with Crippen molar-refractivity contribution in [2.75, 3.05) is 6.61 Å². The average Bonchev–Trinajstić information content (AvgIpc) is 2.63. The predicted octanol–water partition coefficient (Wildman–Crippen LogP) is 4.59. The van der Waals surface area contributed by atoms with E-state index < -0.39 is 0 Å². The molecule has 0 saturated carbocycles. The van der Waals surface area contributed by atoms with E-state index in [1.54, 1.807) is 0 Å². The first kappa shape index (κ1) is 19.9. The van der Waals surface area contributed by atoms with Crippen LogP contribution in [0.1, 0.15) is 39.2 Å². The first-order valence-corrected chi connectivity index (χ1v) is 8.74. The minimum absolute atomic E-state index is 0.0213. The molecule has 0 radical (unpaired) electrons. The predicted molar refractivity (Wildman–Crippen MR) is 101 cm³/mol. The Balaban J connectivity index is 0.00000139. The summed E-state index contributed by atoms with van der Waals surface area (Å²) >= 11 is 0. The van der Waals surface area contributed by atoms with E-state index in [4.69, 9.17) is 10.5 Å². The Morgan fingerprint density at radius 1 is 1.00 bits per heavy atom. The minimum atomic E-state index is -0.169. The van der Waals surface area contributed by atoms with Crippen LogP contribution in [0.5, 0.6) is 0 Å². The van der Waals surface area contributed by atoms with E-state index in [2.05, 4.69) is 36.4 Å². The lowest BCUT2D eigenvalue weighted by Crippen LogP contribution is -2.24. The molecule has 130 valence electrons. The van der Waals surface area contributed by atoms with Gasteiger partial charge in [-0.1, -0.05) is 68.4 Å². The van der Waals surface area contributed by atoms with Gasteiger partial charge in [0.25, 0.3) is 0 Å². The fraction of sp³-hybridized carbons (Fsp3) is 0.381. The van der Waals surface area contributed by atoms with Crippen LogP contribution in [-0.4, -0.2) is 18.6 Å². The summed E-state index contributed by atoms with van der Waals surface area (Å²) in [6, 6.07) is 18.7. The molecule has 0 fully saturated rings. The molecule has 0 bridgehead atoms. The van der Waals surface area contributed by atoms with E-state index in [-0.39, 0.29) is 12.0 Å². The number of esters is 1. The average molecular weight is 327 g/mol. The van der Waals surface area contributed by atoms with E-state index in [1.165, 1.54) is 16.7 Å². The Morgan fingerprint density at radius 2 is 1.58 bits per heavy atom.